The molecule has 23 heavy (non-hydrogen) atoms. The molecule has 1 aromatic heterocycles. The molecule has 118 valence electrons. The minimum Gasteiger partial charge on any atom is -0.288 e. The lowest BCUT2D eigenvalue weighted by atomic mass is 10.0. The molecule has 3 nitrogen and oxygen atoms in total. The smallest absolute Gasteiger partial charge is 0.203 e. The van der Waals surface area contributed by atoms with E-state index >= 15 is 0 Å². The molecular weight excluding hydrogens is 351 g/mol. The zero-order valence-corrected chi connectivity index (χ0v) is 14.8. The molecule has 2 heterocycles. The van der Waals surface area contributed by atoms with Crippen molar-refractivity contribution in [2.24, 2.45) is 0 Å². The maximum atomic E-state index is 12.7. The number of aromatic nitrogens is 2. The summed E-state index contributed by atoms with van der Waals surface area (Å²) in [4.78, 5) is 21.2. The molecule has 1 atom stereocenters. The Morgan fingerprint density at radius 2 is 2.22 bits per heavy atom. The van der Waals surface area contributed by atoms with Crippen molar-refractivity contribution in [3.63, 3.8) is 0 Å². The van der Waals surface area contributed by atoms with Gasteiger partial charge < -0.3 is 0 Å². The lowest BCUT2D eigenvalue weighted by Crippen LogP contribution is -2.05. The molecule has 1 unspecified atom stereocenters. The summed E-state index contributed by atoms with van der Waals surface area (Å²) in [6.07, 6.45) is 4.56. The number of carbonyl (C=O) groups excluding carboxylic acids is 1. The molecule has 3 rings (SSSR count). The number of nitrogens with zero attached hydrogens (tertiary/aromatic N) is 2. The zero-order valence-electron chi connectivity index (χ0n) is 12.4. The Balaban J connectivity index is 1.74. The van der Waals surface area contributed by atoms with Crippen molar-refractivity contribution in [2.75, 3.05) is 0 Å². The molecule has 1 aliphatic rings. The lowest BCUT2D eigenvalue weighted by molar-refractivity contribution is 0.104. The largest absolute Gasteiger partial charge is 0.288 e. The number of hydrogen-bond acceptors (Lipinski definition) is 4. The van der Waals surface area contributed by atoms with Crippen LogP contribution in [0.5, 0.6) is 0 Å². The highest BCUT2D eigenvalue weighted by Crippen LogP contribution is 2.41. The summed E-state index contributed by atoms with van der Waals surface area (Å²) < 4.78 is 0. The van der Waals surface area contributed by atoms with Gasteiger partial charge in [0, 0.05) is 16.5 Å². The topological polar surface area (TPSA) is 42.9 Å². The minimum atomic E-state index is -0.0910. The van der Waals surface area contributed by atoms with E-state index in [1.807, 2.05) is 25.1 Å². The SMILES string of the molecule is CC1=C(C(=O)c2cncnc2Cl)SC(Cc2cccc(Cl)c2)C1. The van der Waals surface area contributed by atoms with Crippen LogP contribution in [0.15, 0.2) is 47.3 Å². The summed E-state index contributed by atoms with van der Waals surface area (Å²) in [6, 6.07) is 7.84. The Morgan fingerprint density at radius 3 is 2.96 bits per heavy atom. The maximum absolute atomic E-state index is 12.7. The van der Waals surface area contributed by atoms with Crippen LogP contribution in [-0.2, 0) is 6.42 Å². The molecule has 6 heteroatoms. The quantitative estimate of drug-likeness (QED) is 0.566. The van der Waals surface area contributed by atoms with E-state index in [1.54, 1.807) is 11.8 Å². The minimum absolute atomic E-state index is 0.0910. The third-order valence-electron chi connectivity index (χ3n) is 3.67. The van der Waals surface area contributed by atoms with Crippen LogP contribution in [0.4, 0.5) is 0 Å². The van der Waals surface area contributed by atoms with Gasteiger partial charge in [0.05, 0.1) is 10.5 Å². The van der Waals surface area contributed by atoms with Crippen molar-refractivity contribution < 1.29 is 4.79 Å². The number of halogens is 2. The zero-order chi connectivity index (χ0) is 16.4. The highest BCUT2D eigenvalue weighted by atomic mass is 35.5. The fraction of sp³-hybridized carbons (Fsp3) is 0.235. The standard InChI is InChI=1S/C17H14Cl2N2OS/c1-10-5-13(7-11-3-2-4-12(18)6-11)23-16(10)15(22)14-8-20-9-21-17(14)19/h2-4,6,8-9,13H,5,7H2,1H3. The average Bonchev–Trinajstić information content (AvgIpc) is 2.87. The Kier molecular flexibility index (Phi) is 5.05. The van der Waals surface area contributed by atoms with Gasteiger partial charge in [0.2, 0.25) is 5.78 Å². The molecule has 0 N–H and O–H groups in total. The van der Waals surface area contributed by atoms with Gasteiger partial charge in [-0.1, -0.05) is 40.9 Å². The molecule has 1 aliphatic heterocycles. The van der Waals surface area contributed by atoms with Crippen molar-refractivity contribution in [3.05, 3.63) is 68.6 Å². The first-order valence-corrected chi connectivity index (χ1v) is 8.79. The van der Waals surface area contributed by atoms with E-state index in [0.29, 0.717) is 10.8 Å². The monoisotopic (exact) mass is 364 g/mol. The summed E-state index contributed by atoms with van der Waals surface area (Å²) in [5.74, 6) is -0.0910. The summed E-state index contributed by atoms with van der Waals surface area (Å²) in [7, 11) is 0. The molecule has 2 aromatic rings. The van der Waals surface area contributed by atoms with Gasteiger partial charge in [0.25, 0.3) is 0 Å². The van der Waals surface area contributed by atoms with Gasteiger partial charge in [-0.05, 0) is 37.5 Å². The van der Waals surface area contributed by atoms with Gasteiger partial charge >= 0.3 is 0 Å². The van der Waals surface area contributed by atoms with E-state index in [0.717, 1.165) is 28.3 Å². The van der Waals surface area contributed by atoms with Crippen molar-refractivity contribution in [1.29, 1.82) is 0 Å². The predicted molar refractivity (Wildman–Crippen MR) is 95.2 cm³/mol. The number of Topliss-reactive ketones (excluding diaryl/α,β-unsaturated/α-hetero) is 1. The Labute approximate surface area is 149 Å². The number of thioether (sulfide) groups is 1. The average molecular weight is 365 g/mol. The maximum Gasteiger partial charge on any atom is 0.203 e. The van der Waals surface area contributed by atoms with Crippen LogP contribution in [0.25, 0.3) is 0 Å². The first-order valence-electron chi connectivity index (χ1n) is 7.15. The number of hydrogen-bond donors (Lipinski definition) is 0. The van der Waals surface area contributed by atoms with Gasteiger partial charge in [0.15, 0.2) is 0 Å². The van der Waals surface area contributed by atoms with Gasteiger partial charge in [0.1, 0.15) is 11.5 Å². The molecule has 1 aromatic carbocycles. The van der Waals surface area contributed by atoms with Gasteiger partial charge in [-0.25, -0.2) is 9.97 Å². The normalized spacial score (nSPS) is 17.6. The van der Waals surface area contributed by atoms with Crippen LogP contribution in [0, 0.1) is 0 Å². The van der Waals surface area contributed by atoms with E-state index in [9.17, 15) is 4.79 Å². The molecule has 0 aliphatic carbocycles. The first kappa shape index (κ1) is 16.5. The second-order valence-electron chi connectivity index (χ2n) is 5.44. The van der Waals surface area contributed by atoms with E-state index in [2.05, 4.69) is 16.0 Å². The van der Waals surface area contributed by atoms with E-state index in [4.69, 9.17) is 23.2 Å². The predicted octanol–water partition coefficient (Wildman–Crippen LogP) is 4.99. The van der Waals surface area contributed by atoms with Crippen molar-refractivity contribution in [1.82, 2.24) is 9.97 Å². The second-order valence-corrected chi connectivity index (χ2v) is 7.55. The third-order valence-corrected chi connectivity index (χ3v) is 5.65. The van der Waals surface area contributed by atoms with Crippen molar-refractivity contribution >= 4 is 40.7 Å². The van der Waals surface area contributed by atoms with E-state index in [1.165, 1.54) is 18.1 Å². The van der Waals surface area contributed by atoms with Crippen LogP contribution < -0.4 is 0 Å². The summed E-state index contributed by atoms with van der Waals surface area (Å²) in [5, 5.41) is 1.26. The molecule has 0 radical (unpaired) electrons. The highest BCUT2D eigenvalue weighted by molar-refractivity contribution is 8.04. The van der Waals surface area contributed by atoms with Crippen molar-refractivity contribution in [3.8, 4) is 0 Å². The number of allylic oxidation sites excluding steroid dienone is 2. The highest BCUT2D eigenvalue weighted by Gasteiger charge is 2.29. The summed E-state index contributed by atoms with van der Waals surface area (Å²) >= 11 is 13.6. The van der Waals surface area contributed by atoms with E-state index < -0.39 is 0 Å². The molecule has 0 amide bonds. The second kappa shape index (κ2) is 7.04. The Morgan fingerprint density at radius 1 is 1.39 bits per heavy atom. The Hall–Kier alpha value is -1.36. The Bertz CT molecular complexity index is 792. The fourth-order valence-electron chi connectivity index (χ4n) is 2.62. The van der Waals surface area contributed by atoms with Crippen LogP contribution in [0.2, 0.25) is 10.2 Å². The fourth-order valence-corrected chi connectivity index (χ4v) is 4.46. The summed E-state index contributed by atoms with van der Waals surface area (Å²) in [5.41, 5.74) is 2.63. The number of benzene rings is 1. The number of ketones is 1. The van der Waals surface area contributed by atoms with Crippen molar-refractivity contribution in [2.45, 2.75) is 25.0 Å². The van der Waals surface area contributed by atoms with Crippen LogP contribution in [0.3, 0.4) is 0 Å². The third kappa shape index (κ3) is 3.77. The first-order chi connectivity index (χ1) is 11.0. The van der Waals surface area contributed by atoms with Gasteiger partial charge in [-0.15, -0.1) is 11.8 Å². The molecule has 0 saturated carbocycles. The van der Waals surface area contributed by atoms with Gasteiger partial charge in [-0.2, -0.15) is 0 Å². The number of rotatable bonds is 4. The number of carbonyl (C=O) groups is 1. The molecule has 0 saturated heterocycles. The molecule has 0 spiro atoms. The molecular formula is C17H14Cl2N2OS. The van der Waals surface area contributed by atoms with Crippen LogP contribution in [-0.4, -0.2) is 21.0 Å². The van der Waals surface area contributed by atoms with E-state index in [-0.39, 0.29) is 10.9 Å². The molecule has 0 fully saturated rings. The van der Waals surface area contributed by atoms with Crippen LogP contribution in [0.1, 0.15) is 29.3 Å². The molecule has 0 bridgehead atoms. The van der Waals surface area contributed by atoms with Crippen LogP contribution >= 0.6 is 35.0 Å². The van der Waals surface area contributed by atoms with Gasteiger partial charge in [-0.3, -0.25) is 4.79 Å². The lowest BCUT2D eigenvalue weighted by Gasteiger charge is -2.10. The summed E-state index contributed by atoms with van der Waals surface area (Å²) in [6.45, 7) is 2.00.